The van der Waals surface area contributed by atoms with Gasteiger partial charge in [-0.05, 0) is 25.2 Å². The molecule has 0 aromatic heterocycles. The van der Waals surface area contributed by atoms with Crippen molar-refractivity contribution in [2.75, 3.05) is 7.11 Å². The lowest BCUT2D eigenvalue weighted by Gasteiger charge is -2.30. The molecule has 2 fully saturated rings. The van der Waals surface area contributed by atoms with Crippen molar-refractivity contribution in [3.8, 4) is 0 Å². The summed E-state index contributed by atoms with van der Waals surface area (Å²) in [6, 6.07) is 0. The predicted octanol–water partition coefficient (Wildman–Crippen LogP) is -0.319. The largest absolute Gasteiger partial charge is 0.469 e. The second-order valence-electron chi connectivity index (χ2n) is 4.13. The number of hydrogen-bond acceptors (Lipinski definition) is 4. The Morgan fingerprint density at radius 3 is 2.62 bits per heavy atom. The molecule has 74 valence electrons. The van der Waals surface area contributed by atoms with Crippen LogP contribution >= 0.6 is 0 Å². The fourth-order valence-corrected chi connectivity index (χ4v) is 2.76. The summed E-state index contributed by atoms with van der Waals surface area (Å²) in [5.41, 5.74) is -0.807. The van der Waals surface area contributed by atoms with Crippen molar-refractivity contribution in [1.82, 2.24) is 0 Å². The maximum atomic E-state index is 11.5. The monoisotopic (exact) mass is 186 g/mol. The fraction of sp³-hybridized carbons (Fsp3) is 0.889. The Bertz CT molecular complexity index is 236. The van der Waals surface area contributed by atoms with Gasteiger partial charge in [-0.3, -0.25) is 4.79 Å². The molecule has 4 unspecified atom stereocenters. The zero-order chi connectivity index (χ0) is 9.64. The molecule has 0 radical (unpaired) electrons. The Hall–Kier alpha value is -0.610. The van der Waals surface area contributed by atoms with Crippen molar-refractivity contribution in [3.63, 3.8) is 0 Å². The quantitative estimate of drug-likeness (QED) is 0.551. The minimum atomic E-state index is -0.807. The Kier molecular flexibility index (Phi) is 1.85. The van der Waals surface area contributed by atoms with E-state index in [1.165, 1.54) is 7.11 Å². The van der Waals surface area contributed by atoms with E-state index in [1.54, 1.807) is 0 Å². The first kappa shape index (κ1) is 8.97. The van der Waals surface area contributed by atoms with E-state index < -0.39 is 17.6 Å². The van der Waals surface area contributed by atoms with E-state index in [0.717, 1.165) is 0 Å². The highest BCUT2D eigenvalue weighted by Gasteiger charge is 2.60. The van der Waals surface area contributed by atoms with Gasteiger partial charge in [0.15, 0.2) is 0 Å². The Balaban J connectivity index is 2.26. The van der Waals surface area contributed by atoms with Gasteiger partial charge in [0.25, 0.3) is 0 Å². The summed E-state index contributed by atoms with van der Waals surface area (Å²) in [5.74, 6) is -0.298. The van der Waals surface area contributed by atoms with Crippen LogP contribution in [0.2, 0.25) is 0 Å². The van der Waals surface area contributed by atoms with Crippen molar-refractivity contribution in [2.24, 2.45) is 11.3 Å². The molecular formula is C9H14O4. The van der Waals surface area contributed by atoms with E-state index in [4.69, 9.17) is 0 Å². The number of methoxy groups -OCH3 is 1. The van der Waals surface area contributed by atoms with Crippen LogP contribution in [0, 0.1) is 11.3 Å². The third-order valence-corrected chi connectivity index (χ3v) is 3.50. The van der Waals surface area contributed by atoms with Gasteiger partial charge in [0.05, 0.1) is 24.7 Å². The first-order chi connectivity index (χ1) is 6.10. The van der Waals surface area contributed by atoms with Crippen LogP contribution in [-0.4, -0.2) is 35.5 Å². The minimum absolute atomic E-state index is 0.0779. The van der Waals surface area contributed by atoms with E-state index >= 15 is 0 Å². The van der Waals surface area contributed by atoms with Crippen LogP contribution in [0.25, 0.3) is 0 Å². The SMILES string of the molecule is COC(=O)C12CC(O)C(CC1O)C2. The second-order valence-corrected chi connectivity index (χ2v) is 4.13. The third-order valence-electron chi connectivity index (χ3n) is 3.50. The molecule has 2 bridgehead atoms. The van der Waals surface area contributed by atoms with E-state index in [-0.39, 0.29) is 11.9 Å². The maximum Gasteiger partial charge on any atom is 0.314 e. The highest BCUT2D eigenvalue weighted by molar-refractivity contribution is 5.78. The predicted molar refractivity (Wildman–Crippen MR) is 43.8 cm³/mol. The normalized spacial score (nSPS) is 48.1. The molecule has 0 amide bonds. The summed E-state index contributed by atoms with van der Waals surface area (Å²) >= 11 is 0. The van der Waals surface area contributed by atoms with Crippen molar-refractivity contribution in [3.05, 3.63) is 0 Å². The van der Waals surface area contributed by atoms with Crippen LogP contribution in [0.3, 0.4) is 0 Å². The lowest BCUT2D eigenvalue weighted by atomic mass is 9.81. The molecule has 4 atom stereocenters. The third kappa shape index (κ3) is 1.02. The van der Waals surface area contributed by atoms with Crippen LogP contribution in [0.5, 0.6) is 0 Å². The standard InChI is InChI=1S/C9H14O4/c1-13-8(12)9-3-5(2-7(9)11)6(10)4-9/h5-7,10-11H,2-4H2,1H3. The molecule has 0 heterocycles. The first-order valence-electron chi connectivity index (χ1n) is 4.55. The molecule has 0 saturated heterocycles. The first-order valence-corrected chi connectivity index (χ1v) is 4.55. The van der Waals surface area contributed by atoms with E-state index in [9.17, 15) is 15.0 Å². The second kappa shape index (κ2) is 2.69. The smallest absolute Gasteiger partial charge is 0.314 e. The summed E-state index contributed by atoms with van der Waals surface area (Å²) in [6.45, 7) is 0. The molecule has 4 nitrogen and oxygen atoms in total. The van der Waals surface area contributed by atoms with Gasteiger partial charge in [0.2, 0.25) is 0 Å². The number of ether oxygens (including phenoxy) is 1. The lowest BCUT2D eigenvalue weighted by Crippen LogP contribution is -2.41. The Labute approximate surface area is 76.5 Å². The minimum Gasteiger partial charge on any atom is -0.469 e. The molecule has 0 aliphatic heterocycles. The number of rotatable bonds is 1. The molecule has 13 heavy (non-hydrogen) atoms. The number of carbonyl (C=O) groups is 1. The summed E-state index contributed by atoms with van der Waals surface area (Å²) in [6.07, 6.45) is 0.375. The summed E-state index contributed by atoms with van der Waals surface area (Å²) in [4.78, 5) is 11.5. The van der Waals surface area contributed by atoms with Crippen LogP contribution < -0.4 is 0 Å². The van der Waals surface area contributed by atoms with Crippen molar-refractivity contribution < 1.29 is 19.7 Å². The molecule has 0 spiro atoms. The summed E-state index contributed by atoms with van der Waals surface area (Å²) in [5, 5.41) is 19.2. The molecule has 2 saturated carbocycles. The van der Waals surface area contributed by atoms with Crippen molar-refractivity contribution in [2.45, 2.75) is 31.5 Å². The molecule has 2 aliphatic carbocycles. The van der Waals surface area contributed by atoms with Gasteiger partial charge in [-0.15, -0.1) is 0 Å². The van der Waals surface area contributed by atoms with E-state index in [2.05, 4.69) is 4.74 Å². The van der Waals surface area contributed by atoms with Gasteiger partial charge >= 0.3 is 5.97 Å². The molecule has 2 rings (SSSR count). The van der Waals surface area contributed by atoms with Crippen LogP contribution in [-0.2, 0) is 9.53 Å². The number of fused-ring (bicyclic) bond motifs is 2. The molecule has 0 aromatic rings. The molecule has 2 aliphatic rings. The van der Waals surface area contributed by atoms with Crippen LogP contribution in [0.15, 0.2) is 0 Å². The number of aliphatic hydroxyl groups excluding tert-OH is 2. The zero-order valence-electron chi connectivity index (χ0n) is 7.56. The van der Waals surface area contributed by atoms with Crippen molar-refractivity contribution in [1.29, 1.82) is 0 Å². The van der Waals surface area contributed by atoms with Gasteiger partial charge in [0, 0.05) is 0 Å². The Morgan fingerprint density at radius 1 is 1.46 bits per heavy atom. The van der Waals surface area contributed by atoms with Gasteiger partial charge in [-0.2, -0.15) is 0 Å². The van der Waals surface area contributed by atoms with E-state index in [0.29, 0.717) is 19.3 Å². The lowest BCUT2D eigenvalue weighted by molar-refractivity contribution is -0.160. The Morgan fingerprint density at radius 2 is 2.15 bits per heavy atom. The summed E-state index contributed by atoms with van der Waals surface area (Å²) in [7, 11) is 1.32. The van der Waals surface area contributed by atoms with Gasteiger partial charge < -0.3 is 14.9 Å². The number of esters is 1. The number of carbonyl (C=O) groups excluding carboxylic acids is 1. The van der Waals surface area contributed by atoms with Crippen LogP contribution in [0.1, 0.15) is 19.3 Å². The van der Waals surface area contributed by atoms with E-state index in [1.807, 2.05) is 0 Å². The molecule has 4 heteroatoms. The highest BCUT2D eigenvalue weighted by Crippen LogP contribution is 2.54. The van der Waals surface area contributed by atoms with Crippen LogP contribution in [0.4, 0.5) is 0 Å². The van der Waals surface area contributed by atoms with Gasteiger partial charge in [-0.25, -0.2) is 0 Å². The molecular weight excluding hydrogens is 172 g/mol. The average molecular weight is 186 g/mol. The molecule has 2 N–H and O–H groups in total. The fourth-order valence-electron chi connectivity index (χ4n) is 2.76. The topological polar surface area (TPSA) is 66.8 Å². The van der Waals surface area contributed by atoms with Crippen molar-refractivity contribution >= 4 is 5.97 Å². The summed E-state index contributed by atoms with van der Waals surface area (Å²) < 4.78 is 4.66. The maximum absolute atomic E-state index is 11.5. The highest BCUT2D eigenvalue weighted by atomic mass is 16.5. The van der Waals surface area contributed by atoms with Gasteiger partial charge in [0.1, 0.15) is 0 Å². The zero-order valence-corrected chi connectivity index (χ0v) is 7.56. The average Bonchev–Trinajstić information content (AvgIpc) is 2.58. The number of aliphatic hydroxyl groups is 2. The molecule has 0 aromatic carbocycles. The number of hydrogen-bond donors (Lipinski definition) is 2. The van der Waals surface area contributed by atoms with Gasteiger partial charge in [-0.1, -0.05) is 0 Å².